The fourth-order valence-corrected chi connectivity index (χ4v) is 2.23. The van der Waals surface area contributed by atoms with Crippen LogP contribution in [0.4, 0.5) is 0 Å². The fraction of sp³-hybridized carbons (Fsp3) is 0.462. The average Bonchev–Trinajstić information content (AvgIpc) is 2.27. The molecule has 0 aliphatic heterocycles. The SMILES string of the molecule is Cc1ccc(S(C)(=O)=O)cc1C(=O)NCCC(C)N. The largest absolute Gasteiger partial charge is 0.352 e. The van der Waals surface area contributed by atoms with E-state index in [1.54, 1.807) is 13.0 Å². The summed E-state index contributed by atoms with van der Waals surface area (Å²) in [4.78, 5) is 12.1. The zero-order valence-electron chi connectivity index (χ0n) is 11.4. The lowest BCUT2D eigenvalue weighted by Crippen LogP contribution is -2.29. The van der Waals surface area contributed by atoms with E-state index in [4.69, 9.17) is 5.73 Å². The Kier molecular flexibility index (Phi) is 5.08. The Morgan fingerprint density at radius 1 is 1.42 bits per heavy atom. The van der Waals surface area contributed by atoms with Gasteiger partial charge in [0, 0.05) is 24.4 Å². The highest BCUT2D eigenvalue weighted by atomic mass is 32.2. The molecule has 0 bridgehead atoms. The van der Waals surface area contributed by atoms with Gasteiger partial charge in [0.15, 0.2) is 9.84 Å². The number of nitrogens with one attached hydrogen (secondary N) is 1. The fourth-order valence-electron chi connectivity index (χ4n) is 1.58. The van der Waals surface area contributed by atoms with E-state index in [2.05, 4.69) is 5.32 Å². The maximum absolute atomic E-state index is 12.0. The van der Waals surface area contributed by atoms with Crippen LogP contribution >= 0.6 is 0 Å². The number of carbonyl (C=O) groups is 1. The smallest absolute Gasteiger partial charge is 0.251 e. The molecule has 0 aliphatic rings. The molecule has 0 saturated heterocycles. The molecule has 1 rings (SSSR count). The van der Waals surface area contributed by atoms with E-state index >= 15 is 0 Å². The molecule has 19 heavy (non-hydrogen) atoms. The normalized spacial score (nSPS) is 13.1. The predicted molar refractivity (Wildman–Crippen MR) is 74.9 cm³/mol. The number of nitrogens with two attached hydrogens (primary N) is 1. The van der Waals surface area contributed by atoms with Crippen molar-refractivity contribution in [1.29, 1.82) is 0 Å². The zero-order chi connectivity index (χ0) is 14.6. The number of rotatable bonds is 5. The molecule has 5 nitrogen and oxygen atoms in total. The van der Waals surface area contributed by atoms with Crippen LogP contribution in [0.1, 0.15) is 29.3 Å². The average molecular weight is 284 g/mol. The number of hydrogen-bond donors (Lipinski definition) is 2. The first-order valence-electron chi connectivity index (χ1n) is 6.06. The highest BCUT2D eigenvalue weighted by molar-refractivity contribution is 7.90. The third-order valence-electron chi connectivity index (χ3n) is 2.77. The molecule has 0 spiro atoms. The van der Waals surface area contributed by atoms with E-state index < -0.39 is 9.84 Å². The van der Waals surface area contributed by atoms with E-state index in [0.717, 1.165) is 11.8 Å². The third kappa shape index (κ3) is 4.65. The monoisotopic (exact) mass is 284 g/mol. The molecule has 0 aliphatic carbocycles. The summed E-state index contributed by atoms with van der Waals surface area (Å²) in [5, 5.41) is 2.74. The highest BCUT2D eigenvalue weighted by Gasteiger charge is 2.14. The van der Waals surface area contributed by atoms with Crippen LogP contribution in [0.25, 0.3) is 0 Å². The number of benzene rings is 1. The van der Waals surface area contributed by atoms with Gasteiger partial charge in [-0.3, -0.25) is 4.79 Å². The molecular formula is C13H20N2O3S. The summed E-state index contributed by atoms with van der Waals surface area (Å²) in [6, 6.07) is 4.57. The summed E-state index contributed by atoms with van der Waals surface area (Å²) in [5.74, 6) is -0.274. The molecule has 1 aromatic rings. The van der Waals surface area contributed by atoms with Gasteiger partial charge in [0.25, 0.3) is 5.91 Å². The Balaban J connectivity index is 2.90. The van der Waals surface area contributed by atoms with Crippen molar-refractivity contribution >= 4 is 15.7 Å². The topological polar surface area (TPSA) is 89.3 Å². The van der Waals surface area contributed by atoms with Crippen molar-refractivity contribution in [3.63, 3.8) is 0 Å². The second kappa shape index (κ2) is 6.16. The van der Waals surface area contributed by atoms with Gasteiger partial charge in [0.2, 0.25) is 0 Å². The number of amides is 1. The zero-order valence-corrected chi connectivity index (χ0v) is 12.3. The van der Waals surface area contributed by atoms with Crippen molar-refractivity contribution in [2.24, 2.45) is 5.73 Å². The second-order valence-corrected chi connectivity index (χ2v) is 6.79. The van der Waals surface area contributed by atoms with Gasteiger partial charge >= 0.3 is 0 Å². The first kappa shape index (κ1) is 15.7. The molecule has 1 aromatic carbocycles. The van der Waals surface area contributed by atoms with Crippen LogP contribution in [0.2, 0.25) is 0 Å². The molecular weight excluding hydrogens is 264 g/mol. The van der Waals surface area contributed by atoms with Crippen LogP contribution in [0.15, 0.2) is 23.1 Å². The van der Waals surface area contributed by atoms with Gasteiger partial charge in [0.1, 0.15) is 0 Å². The molecule has 1 unspecified atom stereocenters. The van der Waals surface area contributed by atoms with Crippen LogP contribution in [0.3, 0.4) is 0 Å². The van der Waals surface area contributed by atoms with Crippen molar-refractivity contribution in [3.8, 4) is 0 Å². The van der Waals surface area contributed by atoms with E-state index in [1.165, 1.54) is 12.1 Å². The van der Waals surface area contributed by atoms with Crippen molar-refractivity contribution in [2.75, 3.05) is 12.8 Å². The minimum atomic E-state index is -3.31. The quantitative estimate of drug-likeness (QED) is 0.839. The molecule has 1 amide bonds. The minimum absolute atomic E-state index is 0.0174. The molecule has 0 fully saturated rings. The third-order valence-corrected chi connectivity index (χ3v) is 3.88. The number of hydrogen-bond acceptors (Lipinski definition) is 4. The summed E-state index contributed by atoms with van der Waals surface area (Å²) in [6.07, 6.45) is 1.80. The Hall–Kier alpha value is -1.40. The Morgan fingerprint density at radius 2 is 2.05 bits per heavy atom. The molecule has 0 radical (unpaired) electrons. The van der Waals surface area contributed by atoms with E-state index in [0.29, 0.717) is 18.5 Å². The van der Waals surface area contributed by atoms with Crippen LogP contribution < -0.4 is 11.1 Å². The van der Waals surface area contributed by atoms with Crippen molar-refractivity contribution in [2.45, 2.75) is 31.2 Å². The maximum Gasteiger partial charge on any atom is 0.251 e. The van der Waals surface area contributed by atoms with E-state index in [1.807, 2.05) is 6.92 Å². The van der Waals surface area contributed by atoms with Gasteiger partial charge in [-0.05, 0) is 38.0 Å². The Labute approximate surface area is 114 Å². The lowest BCUT2D eigenvalue weighted by atomic mass is 10.1. The molecule has 6 heteroatoms. The standard InChI is InChI=1S/C13H20N2O3S/c1-9-4-5-11(19(3,17)18)8-12(9)13(16)15-7-6-10(2)14/h4-5,8,10H,6-7,14H2,1-3H3,(H,15,16). The van der Waals surface area contributed by atoms with Gasteiger partial charge in [-0.2, -0.15) is 0 Å². The molecule has 0 aromatic heterocycles. The summed E-state index contributed by atoms with van der Waals surface area (Å²) >= 11 is 0. The molecule has 0 heterocycles. The van der Waals surface area contributed by atoms with Gasteiger partial charge in [-0.15, -0.1) is 0 Å². The van der Waals surface area contributed by atoms with Gasteiger partial charge in [-0.25, -0.2) is 8.42 Å². The Bertz CT molecular complexity index is 565. The van der Waals surface area contributed by atoms with Crippen molar-refractivity contribution in [1.82, 2.24) is 5.32 Å². The highest BCUT2D eigenvalue weighted by Crippen LogP contribution is 2.15. The van der Waals surface area contributed by atoms with Crippen LogP contribution in [-0.2, 0) is 9.84 Å². The van der Waals surface area contributed by atoms with Gasteiger partial charge in [-0.1, -0.05) is 6.07 Å². The molecule has 3 N–H and O–H groups in total. The number of sulfone groups is 1. The summed E-state index contributed by atoms with van der Waals surface area (Å²) in [5.41, 5.74) is 6.72. The number of carbonyl (C=O) groups excluding carboxylic acids is 1. The predicted octanol–water partition coefficient (Wildman–Crippen LogP) is 0.866. The first-order valence-corrected chi connectivity index (χ1v) is 7.95. The van der Waals surface area contributed by atoms with Crippen molar-refractivity contribution < 1.29 is 13.2 Å². The van der Waals surface area contributed by atoms with Gasteiger partial charge < -0.3 is 11.1 Å². The molecule has 106 valence electrons. The van der Waals surface area contributed by atoms with Crippen molar-refractivity contribution in [3.05, 3.63) is 29.3 Å². The van der Waals surface area contributed by atoms with Crippen LogP contribution in [0.5, 0.6) is 0 Å². The van der Waals surface area contributed by atoms with E-state index in [9.17, 15) is 13.2 Å². The van der Waals surface area contributed by atoms with E-state index in [-0.39, 0.29) is 16.8 Å². The summed E-state index contributed by atoms with van der Waals surface area (Å²) in [6.45, 7) is 4.10. The summed E-state index contributed by atoms with van der Waals surface area (Å²) < 4.78 is 22.9. The summed E-state index contributed by atoms with van der Waals surface area (Å²) in [7, 11) is -3.31. The molecule has 1 atom stereocenters. The Morgan fingerprint density at radius 3 is 2.58 bits per heavy atom. The molecule has 0 saturated carbocycles. The first-order chi connectivity index (χ1) is 8.71. The lowest BCUT2D eigenvalue weighted by molar-refractivity contribution is 0.0952. The van der Waals surface area contributed by atoms with Gasteiger partial charge in [0.05, 0.1) is 4.90 Å². The van der Waals surface area contributed by atoms with Crippen LogP contribution in [-0.4, -0.2) is 33.2 Å². The maximum atomic E-state index is 12.0. The van der Waals surface area contributed by atoms with Crippen LogP contribution in [0, 0.1) is 6.92 Å². The minimum Gasteiger partial charge on any atom is -0.352 e. The lowest BCUT2D eigenvalue weighted by Gasteiger charge is -2.10. The number of aryl methyl sites for hydroxylation is 1. The second-order valence-electron chi connectivity index (χ2n) is 4.77.